The zero-order chi connectivity index (χ0) is 19.9. The van der Waals surface area contributed by atoms with E-state index in [-0.39, 0.29) is 29.2 Å². The van der Waals surface area contributed by atoms with E-state index in [2.05, 4.69) is 10.2 Å². The lowest BCUT2D eigenvalue weighted by Gasteiger charge is -2.21. The monoisotopic (exact) mass is 369 g/mol. The molecule has 0 spiro atoms. The highest BCUT2D eigenvalue weighted by Crippen LogP contribution is 2.25. The second-order valence-corrected chi connectivity index (χ2v) is 7.92. The van der Waals surface area contributed by atoms with E-state index >= 15 is 0 Å². The van der Waals surface area contributed by atoms with Crippen LogP contribution in [-0.2, 0) is 12.1 Å². The number of rotatable bonds is 4. The van der Waals surface area contributed by atoms with Gasteiger partial charge in [0.05, 0.1) is 28.9 Å². The van der Waals surface area contributed by atoms with Crippen LogP contribution in [0.3, 0.4) is 0 Å². The van der Waals surface area contributed by atoms with Crippen LogP contribution in [0.5, 0.6) is 0 Å². The Morgan fingerprint density at radius 2 is 1.81 bits per heavy atom. The molecule has 0 unspecified atom stereocenters. The van der Waals surface area contributed by atoms with Crippen molar-refractivity contribution in [1.82, 2.24) is 19.6 Å². The zero-order valence-electron chi connectivity index (χ0n) is 16.1. The van der Waals surface area contributed by atoms with Crippen LogP contribution in [0.25, 0.3) is 10.9 Å². The Bertz CT molecular complexity index is 1060. The van der Waals surface area contributed by atoms with Gasteiger partial charge in [0.1, 0.15) is 5.52 Å². The molecule has 0 aliphatic heterocycles. The summed E-state index contributed by atoms with van der Waals surface area (Å²) in [5, 5.41) is 20.6. The van der Waals surface area contributed by atoms with E-state index in [1.807, 2.05) is 34.6 Å². The second-order valence-electron chi connectivity index (χ2n) is 7.92. The van der Waals surface area contributed by atoms with Crippen LogP contribution in [0.1, 0.15) is 51.8 Å². The van der Waals surface area contributed by atoms with Gasteiger partial charge in [-0.05, 0) is 32.3 Å². The van der Waals surface area contributed by atoms with Gasteiger partial charge in [0.2, 0.25) is 0 Å². The average Bonchev–Trinajstić information content (AvgIpc) is 3.03. The van der Waals surface area contributed by atoms with E-state index in [4.69, 9.17) is 0 Å². The molecule has 2 aromatic heterocycles. The molecule has 0 radical (unpaired) electrons. The smallest absolute Gasteiger partial charge is 0.265 e. The van der Waals surface area contributed by atoms with Crippen LogP contribution < -0.4 is 5.56 Å². The molecular weight excluding hydrogens is 346 g/mol. The summed E-state index contributed by atoms with van der Waals surface area (Å²) in [6.07, 6.45) is 1.71. The Kier molecular flexibility index (Phi) is 4.59. The van der Waals surface area contributed by atoms with E-state index in [9.17, 15) is 14.9 Å². The number of nitrogens with zero attached hydrogens (tertiary/aromatic N) is 5. The Morgan fingerprint density at radius 1 is 1.19 bits per heavy atom. The first-order valence-electron chi connectivity index (χ1n) is 8.82. The molecule has 0 atom stereocenters. The highest BCUT2D eigenvalue weighted by molar-refractivity contribution is 5.80. The maximum atomic E-state index is 13.1. The van der Waals surface area contributed by atoms with Crippen molar-refractivity contribution >= 4 is 16.6 Å². The zero-order valence-corrected chi connectivity index (χ0v) is 16.1. The van der Waals surface area contributed by atoms with Gasteiger partial charge in [-0.15, -0.1) is 0 Å². The fraction of sp³-hybridized carbons (Fsp3) is 0.421. The molecule has 3 aromatic rings. The predicted octanol–water partition coefficient (Wildman–Crippen LogP) is 3.43. The maximum absolute atomic E-state index is 13.1. The highest BCUT2D eigenvalue weighted by Gasteiger charge is 2.23. The van der Waals surface area contributed by atoms with Crippen LogP contribution in [0.2, 0.25) is 0 Å². The molecule has 8 heteroatoms. The lowest BCUT2D eigenvalue weighted by atomic mass is 10.1. The van der Waals surface area contributed by atoms with Gasteiger partial charge in [0.25, 0.3) is 11.2 Å². The normalized spacial score (nSPS) is 12.1. The van der Waals surface area contributed by atoms with Crippen molar-refractivity contribution in [3.8, 4) is 0 Å². The molecule has 0 amide bonds. The van der Waals surface area contributed by atoms with Crippen molar-refractivity contribution in [2.45, 2.75) is 52.6 Å². The van der Waals surface area contributed by atoms with E-state index in [0.29, 0.717) is 5.52 Å². The molecular formula is C19H23N5O3. The summed E-state index contributed by atoms with van der Waals surface area (Å²) in [5.41, 5.74) is 1.56. The fourth-order valence-corrected chi connectivity index (χ4v) is 3.03. The van der Waals surface area contributed by atoms with Crippen molar-refractivity contribution in [1.29, 1.82) is 0 Å². The van der Waals surface area contributed by atoms with Crippen molar-refractivity contribution < 1.29 is 4.92 Å². The summed E-state index contributed by atoms with van der Waals surface area (Å²) in [6, 6.07) is 6.16. The number of nitro benzene ring substituents is 1. The fourth-order valence-electron chi connectivity index (χ4n) is 3.03. The number of aromatic nitrogens is 4. The Labute approximate surface area is 156 Å². The maximum Gasteiger partial charge on any atom is 0.293 e. The molecule has 142 valence electrons. The average molecular weight is 369 g/mol. The van der Waals surface area contributed by atoms with Gasteiger partial charge in [-0.25, -0.2) is 4.68 Å². The summed E-state index contributed by atoms with van der Waals surface area (Å²) in [5.74, 6) is 0.119. The van der Waals surface area contributed by atoms with Crippen LogP contribution in [0, 0.1) is 10.1 Å². The molecule has 0 aliphatic rings. The summed E-state index contributed by atoms with van der Waals surface area (Å²) in [4.78, 5) is 23.5. The van der Waals surface area contributed by atoms with Gasteiger partial charge in [0.15, 0.2) is 0 Å². The van der Waals surface area contributed by atoms with Gasteiger partial charge < -0.3 is 0 Å². The van der Waals surface area contributed by atoms with Crippen LogP contribution in [0.4, 0.5) is 5.69 Å². The molecule has 8 nitrogen and oxygen atoms in total. The first-order chi connectivity index (χ1) is 12.6. The van der Waals surface area contributed by atoms with Gasteiger partial charge in [0, 0.05) is 17.5 Å². The predicted molar refractivity (Wildman–Crippen MR) is 103 cm³/mol. The van der Waals surface area contributed by atoms with E-state index in [0.717, 1.165) is 16.6 Å². The summed E-state index contributed by atoms with van der Waals surface area (Å²) >= 11 is 0. The molecule has 0 saturated carbocycles. The van der Waals surface area contributed by atoms with Gasteiger partial charge in [-0.1, -0.05) is 26.0 Å². The van der Waals surface area contributed by atoms with Crippen molar-refractivity contribution in [2.24, 2.45) is 0 Å². The van der Waals surface area contributed by atoms with Crippen LogP contribution in [-0.4, -0.2) is 24.5 Å². The third-order valence-electron chi connectivity index (χ3n) is 4.37. The molecule has 2 heterocycles. The van der Waals surface area contributed by atoms with Gasteiger partial charge in [-0.2, -0.15) is 10.2 Å². The van der Waals surface area contributed by atoms with E-state index in [1.54, 1.807) is 23.0 Å². The van der Waals surface area contributed by atoms with Crippen LogP contribution in [0.15, 0.2) is 35.3 Å². The first-order valence-corrected chi connectivity index (χ1v) is 8.82. The third kappa shape index (κ3) is 3.47. The van der Waals surface area contributed by atoms with Crippen molar-refractivity contribution in [3.63, 3.8) is 0 Å². The molecule has 0 fully saturated rings. The number of fused-ring (bicyclic) bond motifs is 1. The minimum Gasteiger partial charge on any atom is -0.265 e. The van der Waals surface area contributed by atoms with Crippen LogP contribution >= 0.6 is 0 Å². The van der Waals surface area contributed by atoms with Crippen molar-refractivity contribution in [3.05, 3.63) is 62.2 Å². The highest BCUT2D eigenvalue weighted by atomic mass is 16.6. The minimum absolute atomic E-state index is 0.0168. The molecule has 0 bridgehead atoms. The lowest BCUT2D eigenvalue weighted by Crippen LogP contribution is -2.31. The summed E-state index contributed by atoms with van der Waals surface area (Å²) in [7, 11) is 0. The topological polar surface area (TPSA) is 95.8 Å². The van der Waals surface area contributed by atoms with Crippen molar-refractivity contribution in [2.75, 3.05) is 0 Å². The van der Waals surface area contributed by atoms with Gasteiger partial charge in [-0.3, -0.25) is 19.6 Å². The minimum atomic E-state index is -0.445. The Hall–Kier alpha value is -3.03. The SMILES string of the molecule is CC(C)c1nn(Cc2ccc([N+](=O)[O-])cc2)c(=O)c2c1cnn2C(C)(C)C. The first kappa shape index (κ1) is 18.8. The van der Waals surface area contributed by atoms with Gasteiger partial charge >= 0.3 is 0 Å². The molecule has 3 rings (SSSR count). The standard InChI is InChI=1S/C19H23N5O3/c1-12(2)16-15-10-20-23(19(3,4)5)17(15)18(25)22(21-16)11-13-6-8-14(9-7-13)24(26)27/h6-10,12H,11H2,1-5H3. The third-order valence-corrected chi connectivity index (χ3v) is 4.37. The Morgan fingerprint density at radius 3 is 2.33 bits per heavy atom. The Balaban J connectivity index is 2.16. The molecule has 0 saturated heterocycles. The molecule has 0 aliphatic carbocycles. The number of nitro groups is 1. The summed E-state index contributed by atoms with van der Waals surface area (Å²) in [6.45, 7) is 10.3. The number of non-ortho nitro benzene ring substituents is 1. The largest absolute Gasteiger partial charge is 0.293 e. The molecule has 1 aromatic carbocycles. The number of hydrogen-bond acceptors (Lipinski definition) is 5. The lowest BCUT2D eigenvalue weighted by molar-refractivity contribution is -0.384. The molecule has 27 heavy (non-hydrogen) atoms. The number of benzene rings is 1. The number of hydrogen-bond donors (Lipinski definition) is 0. The van der Waals surface area contributed by atoms with E-state index in [1.165, 1.54) is 16.8 Å². The quantitative estimate of drug-likeness (QED) is 0.518. The second kappa shape index (κ2) is 6.61. The van der Waals surface area contributed by atoms with E-state index < -0.39 is 4.92 Å². The summed E-state index contributed by atoms with van der Waals surface area (Å²) < 4.78 is 3.16. The molecule has 0 N–H and O–H groups in total.